The van der Waals surface area contributed by atoms with Gasteiger partial charge in [0, 0.05) is 6.20 Å². The van der Waals surface area contributed by atoms with Gasteiger partial charge < -0.3 is 5.11 Å². The number of carboxylic acid groups (broad SMARTS) is 1. The van der Waals surface area contributed by atoms with Crippen molar-refractivity contribution in [3.63, 3.8) is 0 Å². The zero-order valence-corrected chi connectivity index (χ0v) is 12.3. The summed E-state index contributed by atoms with van der Waals surface area (Å²) in [6.07, 6.45) is 1.40. The number of benzene rings is 1. The van der Waals surface area contributed by atoms with Gasteiger partial charge in [-0.1, -0.05) is 23.7 Å². The summed E-state index contributed by atoms with van der Waals surface area (Å²) >= 11 is 5.90. The van der Waals surface area contributed by atoms with E-state index in [2.05, 4.69) is 9.97 Å². The fourth-order valence-electron chi connectivity index (χ4n) is 2.27. The molecule has 0 saturated heterocycles. The summed E-state index contributed by atoms with van der Waals surface area (Å²) in [7, 11) is 0. The van der Waals surface area contributed by atoms with Crippen molar-refractivity contribution in [1.29, 1.82) is 0 Å². The number of carboxylic acids is 1. The molecule has 2 heterocycles. The molecule has 1 unspecified atom stereocenters. The Morgan fingerprint density at radius 2 is 2.14 bits per heavy atom. The highest BCUT2D eigenvalue weighted by Gasteiger charge is 2.24. The minimum Gasteiger partial charge on any atom is -0.480 e. The second kappa shape index (κ2) is 5.38. The lowest BCUT2D eigenvalue weighted by Gasteiger charge is -2.13. The molecule has 0 aliphatic carbocycles. The van der Waals surface area contributed by atoms with Gasteiger partial charge in [-0.25, -0.2) is 19.2 Å². The van der Waals surface area contributed by atoms with Crippen molar-refractivity contribution in [2.45, 2.75) is 13.0 Å². The monoisotopic (exact) mass is 319 g/mol. The molecule has 0 aliphatic rings. The number of rotatable bonds is 3. The number of pyridine rings is 1. The number of halogens is 2. The highest BCUT2D eigenvalue weighted by Crippen LogP contribution is 2.30. The Morgan fingerprint density at radius 1 is 1.41 bits per heavy atom. The van der Waals surface area contributed by atoms with Crippen LogP contribution >= 0.6 is 11.6 Å². The third-order valence-corrected chi connectivity index (χ3v) is 3.56. The summed E-state index contributed by atoms with van der Waals surface area (Å²) < 4.78 is 15.5. The van der Waals surface area contributed by atoms with Gasteiger partial charge in [0.05, 0.1) is 10.6 Å². The highest BCUT2D eigenvalue weighted by molar-refractivity contribution is 6.31. The first-order valence-electron chi connectivity index (χ1n) is 6.50. The molecule has 5 nitrogen and oxygen atoms in total. The third-order valence-electron chi connectivity index (χ3n) is 3.36. The molecule has 3 rings (SSSR count). The fraction of sp³-hybridized carbons (Fsp3) is 0.133. The van der Waals surface area contributed by atoms with Crippen LogP contribution in [0.15, 0.2) is 36.5 Å². The van der Waals surface area contributed by atoms with Crippen molar-refractivity contribution in [2.24, 2.45) is 0 Å². The lowest BCUT2D eigenvalue weighted by molar-refractivity contribution is -0.140. The predicted molar refractivity (Wildman–Crippen MR) is 80.3 cm³/mol. The van der Waals surface area contributed by atoms with Crippen LogP contribution in [0.25, 0.3) is 22.6 Å². The van der Waals surface area contributed by atoms with Crippen molar-refractivity contribution in [1.82, 2.24) is 14.5 Å². The first-order chi connectivity index (χ1) is 10.5. The minimum atomic E-state index is -1.06. The van der Waals surface area contributed by atoms with Crippen LogP contribution in [-0.4, -0.2) is 25.6 Å². The summed E-state index contributed by atoms with van der Waals surface area (Å²) in [5.74, 6) is -1.34. The Kier molecular flexibility index (Phi) is 3.54. The molecule has 2 aromatic heterocycles. The zero-order chi connectivity index (χ0) is 15.9. The third kappa shape index (κ3) is 2.31. The van der Waals surface area contributed by atoms with Gasteiger partial charge >= 0.3 is 5.97 Å². The number of fused-ring (bicyclic) bond motifs is 1. The van der Waals surface area contributed by atoms with E-state index in [0.717, 1.165) is 0 Å². The van der Waals surface area contributed by atoms with Crippen LogP contribution in [0.3, 0.4) is 0 Å². The van der Waals surface area contributed by atoms with Gasteiger partial charge in [-0.05, 0) is 25.1 Å². The first-order valence-corrected chi connectivity index (χ1v) is 6.88. The molecule has 0 aliphatic heterocycles. The van der Waals surface area contributed by atoms with Gasteiger partial charge in [0.1, 0.15) is 23.2 Å². The molecule has 1 aromatic carbocycles. The molecular formula is C15H11ClFN3O2. The standard InChI is InChI=1S/C15H11ClFN3O2/c1-8(15(21)22)20-13(10-4-2-3-5-11(10)17)19-12-6-9(16)7-18-14(12)20/h2-8H,1H3,(H,21,22). The molecule has 7 heteroatoms. The van der Waals surface area contributed by atoms with Crippen LogP contribution < -0.4 is 0 Å². The molecule has 1 atom stereocenters. The minimum absolute atomic E-state index is 0.206. The van der Waals surface area contributed by atoms with E-state index in [1.54, 1.807) is 24.3 Å². The number of imidazole rings is 1. The quantitative estimate of drug-likeness (QED) is 0.801. The maximum atomic E-state index is 14.1. The summed E-state index contributed by atoms with van der Waals surface area (Å²) in [5.41, 5.74) is 0.973. The Labute approximate surface area is 130 Å². The summed E-state index contributed by atoms with van der Waals surface area (Å²) in [6, 6.07) is 6.68. The normalized spacial score (nSPS) is 12.5. The number of aliphatic carboxylic acids is 1. The Bertz CT molecular complexity index is 878. The molecule has 0 bridgehead atoms. The second-order valence-electron chi connectivity index (χ2n) is 4.80. The predicted octanol–water partition coefficient (Wildman–Crippen LogP) is 3.54. The van der Waals surface area contributed by atoms with E-state index >= 15 is 0 Å². The van der Waals surface area contributed by atoms with Crippen molar-refractivity contribution in [3.05, 3.63) is 47.4 Å². The van der Waals surface area contributed by atoms with E-state index in [1.807, 2.05) is 0 Å². The SMILES string of the molecule is CC(C(=O)O)n1c(-c2ccccc2F)nc2cc(Cl)cnc21. The molecule has 0 amide bonds. The summed E-state index contributed by atoms with van der Waals surface area (Å²) in [6.45, 7) is 1.49. The molecule has 0 radical (unpaired) electrons. The largest absolute Gasteiger partial charge is 0.480 e. The highest BCUT2D eigenvalue weighted by atomic mass is 35.5. The lowest BCUT2D eigenvalue weighted by Crippen LogP contribution is -2.17. The molecule has 1 N–H and O–H groups in total. The van der Waals surface area contributed by atoms with E-state index in [0.29, 0.717) is 16.2 Å². The van der Waals surface area contributed by atoms with Gasteiger partial charge in [0.15, 0.2) is 5.65 Å². The number of hydrogen-bond acceptors (Lipinski definition) is 3. The van der Waals surface area contributed by atoms with E-state index < -0.39 is 17.8 Å². The van der Waals surface area contributed by atoms with Crippen molar-refractivity contribution < 1.29 is 14.3 Å². The molecule has 0 saturated carbocycles. The Balaban J connectivity index is 2.36. The van der Waals surface area contributed by atoms with Crippen LogP contribution in [0.2, 0.25) is 5.02 Å². The molecule has 22 heavy (non-hydrogen) atoms. The van der Waals surface area contributed by atoms with Crippen LogP contribution in [0, 0.1) is 5.82 Å². The van der Waals surface area contributed by atoms with E-state index in [1.165, 1.54) is 23.8 Å². The number of hydrogen-bond donors (Lipinski definition) is 1. The van der Waals surface area contributed by atoms with Gasteiger partial charge in [-0.2, -0.15) is 0 Å². The average Bonchev–Trinajstić information content (AvgIpc) is 2.84. The molecule has 112 valence electrons. The molecule has 3 aromatic rings. The first kappa shape index (κ1) is 14.5. The van der Waals surface area contributed by atoms with Crippen molar-refractivity contribution in [3.8, 4) is 11.4 Å². The van der Waals surface area contributed by atoms with E-state index in [9.17, 15) is 14.3 Å². The maximum Gasteiger partial charge on any atom is 0.326 e. The van der Waals surface area contributed by atoms with Gasteiger partial charge in [0.2, 0.25) is 0 Å². The Morgan fingerprint density at radius 3 is 2.82 bits per heavy atom. The van der Waals surface area contributed by atoms with Crippen molar-refractivity contribution in [2.75, 3.05) is 0 Å². The topological polar surface area (TPSA) is 68.0 Å². The Hall–Kier alpha value is -2.47. The van der Waals surface area contributed by atoms with Crippen LogP contribution in [0.1, 0.15) is 13.0 Å². The van der Waals surface area contributed by atoms with Gasteiger partial charge in [-0.15, -0.1) is 0 Å². The maximum absolute atomic E-state index is 14.1. The summed E-state index contributed by atoms with van der Waals surface area (Å²) in [4.78, 5) is 19.8. The number of aromatic nitrogens is 3. The number of nitrogens with zero attached hydrogens (tertiary/aromatic N) is 3. The van der Waals surface area contributed by atoms with Gasteiger partial charge in [0.25, 0.3) is 0 Å². The van der Waals surface area contributed by atoms with Crippen LogP contribution in [0.4, 0.5) is 4.39 Å². The average molecular weight is 320 g/mol. The number of carbonyl (C=O) groups is 1. The van der Waals surface area contributed by atoms with E-state index in [4.69, 9.17) is 11.6 Å². The fourth-order valence-corrected chi connectivity index (χ4v) is 2.42. The van der Waals surface area contributed by atoms with Crippen LogP contribution in [-0.2, 0) is 4.79 Å². The molecule has 0 spiro atoms. The van der Waals surface area contributed by atoms with Gasteiger partial charge in [-0.3, -0.25) is 4.57 Å². The zero-order valence-electron chi connectivity index (χ0n) is 11.5. The van der Waals surface area contributed by atoms with Crippen LogP contribution in [0.5, 0.6) is 0 Å². The molecule has 0 fully saturated rings. The summed E-state index contributed by atoms with van der Waals surface area (Å²) in [5, 5.41) is 9.69. The molecular weight excluding hydrogens is 309 g/mol. The van der Waals surface area contributed by atoms with E-state index in [-0.39, 0.29) is 11.4 Å². The van der Waals surface area contributed by atoms with Crippen molar-refractivity contribution >= 4 is 28.7 Å². The second-order valence-corrected chi connectivity index (χ2v) is 5.23. The smallest absolute Gasteiger partial charge is 0.326 e. The lowest BCUT2D eigenvalue weighted by atomic mass is 10.2.